The van der Waals surface area contributed by atoms with Gasteiger partial charge < -0.3 is 14.5 Å². The molecule has 0 amide bonds. The van der Waals surface area contributed by atoms with Crippen molar-refractivity contribution in [1.29, 1.82) is 0 Å². The molecule has 3 rings (SSSR count). The van der Waals surface area contributed by atoms with E-state index in [9.17, 15) is 9.00 Å². The SMILES string of the molecule is C/C=C\C(=O)Oc1ccc2nc(S(=O)Cc3ncc(C)c(OC)c3C)[nH]c2c1. The molecule has 2 heterocycles. The van der Waals surface area contributed by atoms with Crippen LogP contribution >= 0.6 is 0 Å². The van der Waals surface area contributed by atoms with Crippen LogP contribution in [0.5, 0.6) is 11.5 Å². The van der Waals surface area contributed by atoms with Gasteiger partial charge in [-0.15, -0.1) is 0 Å². The molecule has 1 atom stereocenters. The highest BCUT2D eigenvalue weighted by Gasteiger charge is 2.16. The number of fused-ring (bicyclic) bond motifs is 1. The Kier molecular flexibility index (Phi) is 5.89. The first-order valence-corrected chi connectivity index (χ1v) is 9.96. The number of carbonyl (C=O) groups excluding carboxylic acids is 1. The summed E-state index contributed by atoms with van der Waals surface area (Å²) in [6.45, 7) is 5.55. The summed E-state index contributed by atoms with van der Waals surface area (Å²) in [5.41, 5.74) is 3.77. The number of H-pyrrole nitrogens is 1. The number of pyridine rings is 1. The van der Waals surface area contributed by atoms with E-state index in [2.05, 4.69) is 15.0 Å². The lowest BCUT2D eigenvalue weighted by Crippen LogP contribution is -2.05. The second-order valence-corrected chi connectivity index (χ2v) is 7.54. The zero-order valence-corrected chi connectivity index (χ0v) is 16.9. The molecular weight excluding hydrogens is 378 g/mol. The second kappa shape index (κ2) is 8.35. The van der Waals surface area contributed by atoms with E-state index in [4.69, 9.17) is 9.47 Å². The summed E-state index contributed by atoms with van der Waals surface area (Å²) in [5.74, 6) is 0.891. The molecule has 0 saturated heterocycles. The summed E-state index contributed by atoms with van der Waals surface area (Å²) >= 11 is 0. The largest absolute Gasteiger partial charge is 0.496 e. The minimum absolute atomic E-state index is 0.214. The lowest BCUT2D eigenvalue weighted by Gasteiger charge is -2.11. The minimum atomic E-state index is -1.42. The fraction of sp³-hybridized carbons (Fsp3) is 0.250. The zero-order valence-electron chi connectivity index (χ0n) is 16.1. The number of ether oxygens (including phenoxy) is 2. The van der Waals surface area contributed by atoms with E-state index in [1.165, 1.54) is 6.08 Å². The van der Waals surface area contributed by atoms with Gasteiger partial charge in [0.2, 0.25) is 0 Å². The van der Waals surface area contributed by atoms with Gasteiger partial charge in [-0.25, -0.2) is 9.78 Å². The maximum absolute atomic E-state index is 12.8. The number of hydrogen-bond acceptors (Lipinski definition) is 6. The van der Waals surface area contributed by atoms with Crippen LogP contribution in [0.4, 0.5) is 0 Å². The first-order valence-electron chi connectivity index (χ1n) is 8.64. The molecule has 1 N–H and O–H groups in total. The van der Waals surface area contributed by atoms with Crippen molar-refractivity contribution >= 4 is 27.8 Å². The number of methoxy groups -OCH3 is 1. The predicted molar refractivity (Wildman–Crippen MR) is 107 cm³/mol. The van der Waals surface area contributed by atoms with Gasteiger partial charge in [-0.1, -0.05) is 6.08 Å². The highest BCUT2D eigenvalue weighted by Crippen LogP contribution is 2.26. The van der Waals surface area contributed by atoms with Crippen molar-refractivity contribution in [1.82, 2.24) is 15.0 Å². The minimum Gasteiger partial charge on any atom is -0.496 e. The number of aromatic nitrogens is 3. The molecule has 28 heavy (non-hydrogen) atoms. The summed E-state index contributed by atoms with van der Waals surface area (Å²) in [5, 5.41) is 0.340. The summed E-state index contributed by atoms with van der Waals surface area (Å²) in [4.78, 5) is 23.4. The van der Waals surface area contributed by atoms with Crippen LogP contribution in [0.3, 0.4) is 0 Å². The van der Waals surface area contributed by atoms with Gasteiger partial charge in [0.15, 0.2) is 5.16 Å². The van der Waals surface area contributed by atoms with Crippen LogP contribution in [0, 0.1) is 13.8 Å². The Morgan fingerprint density at radius 3 is 2.82 bits per heavy atom. The van der Waals surface area contributed by atoms with Crippen LogP contribution in [0.2, 0.25) is 0 Å². The average molecular weight is 399 g/mol. The third-order valence-corrected chi connectivity index (χ3v) is 5.35. The second-order valence-electron chi connectivity index (χ2n) is 6.18. The molecule has 0 saturated carbocycles. The van der Waals surface area contributed by atoms with Crippen molar-refractivity contribution in [2.75, 3.05) is 7.11 Å². The quantitative estimate of drug-likeness (QED) is 0.388. The smallest absolute Gasteiger partial charge is 0.335 e. The number of allylic oxidation sites excluding steroid dienone is 1. The summed E-state index contributed by atoms with van der Waals surface area (Å²) in [6.07, 6.45) is 4.65. The maximum atomic E-state index is 12.8. The van der Waals surface area contributed by atoms with E-state index >= 15 is 0 Å². The van der Waals surface area contributed by atoms with Crippen molar-refractivity contribution in [2.24, 2.45) is 0 Å². The average Bonchev–Trinajstić information content (AvgIpc) is 3.08. The Hall–Kier alpha value is -3.00. The topological polar surface area (TPSA) is 94.2 Å². The van der Waals surface area contributed by atoms with E-state index in [1.54, 1.807) is 44.5 Å². The fourth-order valence-electron chi connectivity index (χ4n) is 2.83. The molecule has 0 radical (unpaired) electrons. The highest BCUT2D eigenvalue weighted by molar-refractivity contribution is 7.84. The number of aromatic amines is 1. The van der Waals surface area contributed by atoms with Crippen LogP contribution in [-0.4, -0.2) is 32.2 Å². The van der Waals surface area contributed by atoms with Crippen molar-refractivity contribution in [3.05, 3.63) is 53.4 Å². The zero-order chi connectivity index (χ0) is 20.3. The molecule has 0 aliphatic carbocycles. The molecule has 0 spiro atoms. The molecule has 146 valence electrons. The Balaban J connectivity index is 1.84. The molecule has 0 fully saturated rings. The van der Waals surface area contributed by atoms with Crippen LogP contribution in [0.1, 0.15) is 23.7 Å². The Morgan fingerprint density at radius 1 is 1.32 bits per heavy atom. The lowest BCUT2D eigenvalue weighted by molar-refractivity contribution is -0.128. The van der Waals surface area contributed by atoms with Crippen molar-refractivity contribution < 1.29 is 18.5 Å². The molecule has 8 heteroatoms. The first-order chi connectivity index (χ1) is 13.4. The number of hydrogen-bond donors (Lipinski definition) is 1. The van der Waals surface area contributed by atoms with E-state index < -0.39 is 16.8 Å². The van der Waals surface area contributed by atoms with Crippen LogP contribution in [-0.2, 0) is 21.3 Å². The number of nitrogens with zero attached hydrogens (tertiary/aromatic N) is 2. The number of rotatable bonds is 6. The summed E-state index contributed by atoms with van der Waals surface area (Å²) in [6, 6.07) is 5.01. The number of esters is 1. The molecule has 2 aromatic heterocycles. The maximum Gasteiger partial charge on any atom is 0.335 e. The van der Waals surface area contributed by atoms with Crippen molar-refractivity contribution in [2.45, 2.75) is 31.7 Å². The summed E-state index contributed by atoms with van der Waals surface area (Å²) < 4.78 is 23.4. The van der Waals surface area contributed by atoms with Crippen LogP contribution < -0.4 is 9.47 Å². The van der Waals surface area contributed by atoms with Gasteiger partial charge in [-0.2, -0.15) is 0 Å². The number of carbonyl (C=O) groups is 1. The van der Waals surface area contributed by atoms with Gasteiger partial charge in [0.25, 0.3) is 0 Å². The molecule has 0 aliphatic heterocycles. The van der Waals surface area contributed by atoms with Crippen LogP contribution in [0.15, 0.2) is 41.7 Å². The van der Waals surface area contributed by atoms with Gasteiger partial charge >= 0.3 is 5.97 Å². The molecule has 1 unspecified atom stereocenters. The number of benzene rings is 1. The monoisotopic (exact) mass is 399 g/mol. The molecular formula is C20H21N3O4S. The van der Waals surface area contributed by atoms with Crippen molar-refractivity contribution in [3.8, 4) is 11.5 Å². The third kappa shape index (κ3) is 4.12. The Bertz CT molecular complexity index is 1090. The number of aryl methyl sites for hydroxylation is 1. The molecule has 0 bridgehead atoms. The highest BCUT2D eigenvalue weighted by atomic mass is 32.2. The first kappa shape index (κ1) is 19.8. The Morgan fingerprint density at radius 2 is 2.11 bits per heavy atom. The fourth-order valence-corrected chi connectivity index (χ4v) is 3.93. The molecule has 1 aromatic carbocycles. The van der Waals surface area contributed by atoms with Gasteiger partial charge in [0, 0.05) is 29.5 Å². The summed E-state index contributed by atoms with van der Waals surface area (Å²) in [7, 11) is 0.189. The van der Waals surface area contributed by atoms with Gasteiger partial charge in [-0.3, -0.25) is 9.19 Å². The number of imidazole rings is 1. The standard InChI is InChI=1S/C20H21N3O4S/c1-5-6-18(24)27-14-7-8-15-16(9-14)23-20(22-15)28(25)11-17-13(3)19(26-4)12(2)10-21-17/h5-10H,11H2,1-4H3,(H,22,23)/b6-5-. The van der Waals surface area contributed by atoms with Gasteiger partial charge in [0.05, 0.1) is 40.4 Å². The molecule has 0 aliphatic rings. The Labute approximate surface area is 165 Å². The molecule has 7 nitrogen and oxygen atoms in total. The normalized spacial score (nSPS) is 12.4. The van der Waals surface area contributed by atoms with E-state index in [0.29, 0.717) is 27.6 Å². The van der Waals surface area contributed by atoms with E-state index in [1.807, 2.05) is 13.8 Å². The third-order valence-electron chi connectivity index (χ3n) is 4.19. The molecule has 3 aromatic rings. The van der Waals surface area contributed by atoms with E-state index in [-0.39, 0.29) is 5.75 Å². The van der Waals surface area contributed by atoms with Gasteiger partial charge in [0.1, 0.15) is 11.5 Å². The van der Waals surface area contributed by atoms with E-state index in [0.717, 1.165) is 16.9 Å². The predicted octanol–water partition coefficient (Wildman–Crippen LogP) is 3.37. The lowest BCUT2D eigenvalue weighted by atomic mass is 10.1. The number of nitrogens with one attached hydrogen (secondary N) is 1. The van der Waals surface area contributed by atoms with Crippen LogP contribution in [0.25, 0.3) is 11.0 Å². The van der Waals surface area contributed by atoms with Gasteiger partial charge in [-0.05, 0) is 32.9 Å². The van der Waals surface area contributed by atoms with Crippen molar-refractivity contribution in [3.63, 3.8) is 0 Å².